The predicted octanol–water partition coefficient (Wildman–Crippen LogP) is 5.58. The molecular weight excluding hydrogens is 522 g/mol. The minimum atomic E-state index is 0.247. The van der Waals surface area contributed by atoms with Gasteiger partial charge in [0.25, 0.3) is 0 Å². The van der Waals surface area contributed by atoms with Crippen LogP contribution in [0.25, 0.3) is 0 Å². The molecule has 6 heteroatoms. The summed E-state index contributed by atoms with van der Waals surface area (Å²) < 4.78 is 6.75. The van der Waals surface area contributed by atoms with Crippen LogP contribution < -0.4 is 5.32 Å². The lowest BCUT2D eigenvalue weighted by molar-refractivity contribution is -0.122. The van der Waals surface area contributed by atoms with Gasteiger partial charge >= 0.3 is 0 Å². The van der Waals surface area contributed by atoms with E-state index >= 15 is 0 Å². The average molecular weight is 586 g/mol. The molecule has 1 amide bonds. The zero-order valence-corrected chi connectivity index (χ0v) is 27.5. The van der Waals surface area contributed by atoms with Gasteiger partial charge in [-0.15, -0.1) is 0 Å². The molecule has 240 valence electrons. The molecule has 0 bridgehead atoms. The summed E-state index contributed by atoms with van der Waals surface area (Å²) in [5, 5.41) is 12.7. The summed E-state index contributed by atoms with van der Waals surface area (Å²) in [4.78, 5) is 17.4. The Labute approximate surface area is 257 Å². The summed E-state index contributed by atoms with van der Waals surface area (Å²) in [6.07, 6.45) is 17.4. The van der Waals surface area contributed by atoms with E-state index in [0.29, 0.717) is 42.0 Å². The molecule has 4 unspecified atom stereocenters. The molecule has 6 aliphatic rings. The van der Waals surface area contributed by atoms with Gasteiger partial charge in [0.1, 0.15) is 0 Å². The Kier molecular flexibility index (Phi) is 9.66. The Bertz CT molecular complexity index is 923. The first-order valence-electron chi connectivity index (χ1n) is 18.1. The number of fused-ring (bicyclic) bond motifs is 7. The number of aliphatic hydroxyl groups is 1. The normalized spacial score (nSPS) is 44.6. The number of hydrogen-bond donors (Lipinski definition) is 2. The van der Waals surface area contributed by atoms with Crippen molar-refractivity contribution in [2.75, 3.05) is 52.9 Å². The Balaban J connectivity index is 0.960. The number of nitrogens with zero attached hydrogens (tertiary/aromatic N) is 2. The summed E-state index contributed by atoms with van der Waals surface area (Å²) in [6, 6.07) is 0. The number of carbonyl (C=O) groups is 1. The van der Waals surface area contributed by atoms with Gasteiger partial charge in [0.05, 0.1) is 12.2 Å². The molecule has 6 nitrogen and oxygen atoms in total. The SMILES string of the molecule is C[C@H](CO)CC[C@@H]1C[C@H]2C(CC3[C@@H]4CC[C@@H]5CC(CCNC(=O)CCN6CCN(C)CC6)CC[C@]5(C)C4CC[C@@]32C)O1. The standard InChI is InChI=1S/C36H63N3O3/c1-25(24-40)5-7-28-22-32-33(42-28)23-31-29-8-6-27-21-26(9-13-35(27,2)30(29)10-14-36(31,32)3)11-15-37-34(41)12-16-39-19-17-38(4)18-20-39/h25-33,40H,5-24H2,1-4H3,(H,37,41)/t25-,26?,27+,28+,29+,30?,31?,32-,33?,35-,36-/m0/s1. The molecule has 0 spiro atoms. The van der Waals surface area contributed by atoms with E-state index in [1.165, 1.54) is 64.2 Å². The van der Waals surface area contributed by atoms with Crippen LogP contribution in [-0.2, 0) is 9.53 Å². The number of nitrogens with one attached hydrogen (secondary N) is 1. The third-order valence-electron chi connectivity index (χ3n) is 14.3. The molecule has 6 fully saturated rings. The molecule has 2 heterocycles. The van der Waals surface area contributed by atoms with E-state index in [1.54, 1.807) is 0 Å². The Hall–Kier alpha value is -0.690. The van der Waals surface area contributed by atoms with Gasteiger partial charge in [0.2, 0.25) is 5.91 Å². The van der Waals surface area contributed by atoms with Crippen LogP contribution >= 0.6 is 0 Å². The van der Waals surface area contributed by atoms with Gasteiger partial charge in [0, 0.05) is 52.3 Å². The van der Waals surface area contributed by atoms with Crippen molar-refractivity contribution in [2.45, 2.75) is 116 Å². The number of aliphatic hydroxyl groups excluding tert-OH is 1. The molecule has 0 aromatic heterocycles. The molecule has 2 N–H and O–H groups in total. The number of hydrogen-bond acceptors (Lipinski definition) is 5. The number of carbonyl (C=O) groups excluding carboxylic acids is 1. The van der Waals surface area contributed by atoms with Crippen LogP contribution in [-0.4, -0.2) is 85.9 Å². The van der Waals surface area contributed by atoms with E-state index in [9.17, 15) is 9.90 Å². The zero-order valence-electron chi connectivity index (χ0n) is 27.5. The van der Waals surface area contributed by atoms with Gasteiger partial charge in [-0.3, -0.25) is 4.79 Å². The van der Waals surface area contributed by atoms with E-state index in [1.807, 2.05) is 0 Å². The van der Waals surface area contributed by atoms with Gasteiger partial charge in [-0.25, -0.2) is 0 Å². The number of rotatable bonds is 10. The van der Waals surface area contributed by atoms with Crippen molar-refractivity contribution >= 4 is 5.91 Å². The third kappa shape index (κ3) is 6.22. The monoisotopic (exact) mass is 585 g/mol. The van der Waals surface area contributed by atoms with Crippen molar-refractivity contribution in [3.8, 4) is 0 Å². The number of piperazine rings is 1. The number of likely N-dealkylation sites (N-methyl/N-ethyl adjacent to an activating group) is 1. The second kappa shape index (κ2) is 13.0. The average Bonchev–Trinajstić information content (AvgIpc) is 3.52. The van der Waals surface area contributed by atoms with Gasteiger partial charge in [-0.2, -0.15) is 0 Å². The van der Waals surface area contributed by atoms with E-state index < -0.39 is 0 Å². The largest absolute Gasteiger partial charge is 0.396 e. The van der Waals surface area contributed by atoms with Crippen molar-refractivity contribution < 1.29 is 14.6 Å². The molecule has 2 aliphatic heterocycles. The molecule has 4 aliphatic carbocycles. The van der Waals surface area contributed by atoms with Crippen molar-refractivity contribution in [1.82, 2.24) is 15.1 Å². The summed E-state index contributed by atoms with van der Waals surface area (Å²) in [5.74, 6) is 5.75. The van der Waals surface area contributed by atoms with Crippen molar-refractivity contribution in [1.29, 1.82) is 0 Å². The molecule has 0 aromatic rings. The summed E-state index contributed by atoms with van der Waals surface area (Å²) in [7, 11) is 2.18. The summed E-state index contributed by atoms with van der Waals surface area (Å²) in [5.41, 5.74) is 1.00. The van der Waals surface area contributed by atoms with Crippen molar-refractivity contribution in [3.05, 3.63) is 0 Å². The Morgan fingerprint density at radius 3 is 2.52 bits per heavy atom. The van der Waals surface area contributed by atoms with Gasteiger partial charge < -0.3 is 25.0 Å². The van der Waals surface area contributed by atoms with Crippen LogP contribution in [0.4, 0.5) is 0 Å². The lowest BCUT2D eigenvalue weighted by Gasteiger charge is -2.61. The molecule has 0 aromatic carbocycles. The number of ether oxygens (including phenoxy) is 1. The molecule has 2 saturated heterocycles. The highest BCUT2D eigenvalue weighted by Gasteiger charge is 2.64. The quantitative estimate of drug-likeness (QED) is 0.350. The molecule has 0 radical (unpaired) electrons. The van der Waals surface area contributed by atoms with Crippen LogP contribution in [0, 0.1) is 52.3 Å². The van der Waals surface area contributed by atoms with E-state index in [4.69, 9.17) is 4.74 Å². The van der Waals surface area contributed by atoms with Gasteiger partial charge in [-0.1, -0.05) is 20.8 Å². The number of amides is 1. The van der Waals surface area contributed by atoms with Crippen LogP contribution in [0.5, 0.6) is 0 Å². The maximum absolute atomic E-state index is 12.5. The lowest BCUT2D eigenvalue weighted by atomic mass is 9.44. The molecule has 6 rings (SSSR count). The zero-order chi connectivity index (χ0) is 29.5. The molecular formula is C36H63N3O3. The summed E-state index contributed by atoms with van der Waals surface area (Å²) in [6.45, 7) is 14.0. The molecule has 4 saturated carbocycles. The second-order valence-electron chi connectivity index (χ2n) is 16.6. The Morgan fingerprint density at radius 1 is 0.952 bits per heavy atom. The fourth-order valence-corrected chi connectivity index (χ4v) is 11.4. The molecule has 42 heavy (non-hydrogen) atoms. The van der Waals surface area contributed by atoms with Crippen molar-refractivity contribution in [2.24, 2.45) is 52.3 Å². The minimum absolute atomic E-state index is 0.247. The van der Waals surface area contributed by atoms with E-state index in [0.717, 1.165) is 87.6 Å². The highest BCUT2D eigenvalue weighted by atomic mass is 16.5. The first-order valence-corrected chi connectivity index (χ1v) is 18.1. The first-order chi connectivity index (χ1) is 20.2. The summed E-state index contributed by atoms with van der Waals surface area (Å²) >= 11 is 0. The van der Waals surface area contributed by atoms with Gasteiger partial charge in [-0.05, 0) is 136 Å². The van der Waals surface area contributed by atoms with E-state index in [-0.39, 0.29) is 5.91 Å². The minimum Gasteiger partial charge on any atom is -0.396 e. The predicted molar refractivity (Wildman–Crippen MR) is 169 cm³/mol. The van der Waals surface area contributed by atoms with Crippen LogP contribution in [0.2, 0.25) is 0 Å². The smallest absolute Gasteiger partial charge is 0.221 e. The maximum atomic E-state index is 12.5. The molecule has 11 atom stereocenters. The Morgan fingerprint density at radius 2 is 1.74 bits per heavy atom. The topological polar surface area (TPSA) is 65.0 Å². The third-order valence-corrected chi connectivity index (χ3v) is 14.3. The highest BCUT2D eigenvalue weighted by molar-refractivity contribution is 5.76. The maximum Gasteiger partial charge on any atom is 0.221 e. The van der Waals surface area contributed by atoms with E-state index in [2.05, 4.69) is 42.9 Å². The van der Waals surface area contributed by atoms with Crippen LogP contribution in [0.3, 0.4) is 0 Å². The van der Waals surface area contributed by atoms with Crippen molar-refractivity contribution in [3.63, 3.8) is 0 Å². The fraction of sp³-hybridized carbons (Fsp3) is 0.972. The second-order valence-corrected chi connectivity index (χ2v) is 16.6. The first kappa shape index (κ1) is 31.3. The highest BCUT2D eigenvalue weighted by Crippen LogP contribution is 2.69. The lowest BCUT2D eigenvalue weighted by Crippen LogP contribution is -2.53. The van der Waals surface area contributed by atoms with Crippen LogP contribution in [0.15, 0.2) is 0 Å². The fourth-order valence-electron chi connectivity index (χ4n) is 11.4. The van der Waals surface area contributed by atoms with Gasteiger partial charge in [0.15, 0.2) is 0 Å². The van der Waals surface area contributed by atoms with Crippen LogP contribution in [0.1, 0.15) is 104 Å².